The minimum atomic E-state index is -1.03. The van der Waals surface area contributed by atoms with E-state index in [1.807, 2.05) is 24.3 Å². The van der Waals surface area contributed by atoms with E-state index in [1.165, 1.54) is 12.1 Å². The third-order valence-electron chi connectivity index (χ3n) is 9.14. The molecule has 15 nitrogen and oxygen atoms in total. The second-order valence-corrected chi connectivity index (χ2v) is 13.0. The van der Waals surface area contributed by atoms with E-state index in [1.54, 1.807) is 35.8 Å². The van der Waals surface area contributed by atoms with Crippen molar-refractivity contribution in [1.82, 2.24) is 26.3 Å². The van der Waals surface area contributed by atoms with Gasteiger partial charge in [-0.2, -0.15) is 0 Å². The molecule has 7 amide bonds. The predicted molar refractivity (Wildman–Crippen MR) is 196 cm³/mol. The van der Waals surface area contributed by atoms with E-state index in [-0.39, 0.29) is 41.3 Å². The van der Waals surface area contributed by atoms with Gasteiger partial charge in [-0.1, -0.05) is 37.1 Å². The molecule has 3 aromatic rings. The number of benzene rings is 3. The number of carbonyl (C=O) groups excluding carboxylic acids is 7. The van der Waals surface area contributed by atoms with Crippen LogP contribution in [-0.2, 0) is 20.8 Å². The lowest BCUT2D eigenvalue weighted by Gasteiger charge is -2.27. The number of unbranched alkanes of at least 4 members (excludes halogenated alkanes) is 3. The molecule has 6 N–H and O–H groups in total. The van der Waals surface area contributed by atoms with Crippen LogP contribution in [-0.4, -0.2) is 83.7 Å². The van der Waals surface area contributed by atoms with E-state index >= 15 is 0 Å². The average Bonchev–Trinajstić information content (AvgIpc) is 3.43. The summed E-state index contributed by atoms with van der Waals surface area (Å²) < 4.78 is 5.84. The van der Waals surface area contributed by atoms with Crippen molar-refractivity contribution in [2.24, 2.45) is 0 Å². The summed E-state index contributed by atoms with van der Waals surface area (Å²) in [5, 5.41) is 19.9. The molecule has 2 heterocycles. The summed E-state index contributed by atoms with van der Waals surface area (Å²) in [7, 11) is 0. The van der Waals surface area contributed by atoms with Crippen molar-refractivity contribution in [2.75, 3.05) is 31.6 Å². The summed E-state index contributed by atoms with van der Waals surface area (Å²) in [6, 6.07) is 17.6. The Bertz CT molecular complexity index is 1880. The summed E-state index contributed by atoms with van der Waals surface area (Å²) in [4.78, 5) is 87.3. The zero-order chi connectivity index (χ0) is 38.5. The molecule has 1 fully saturated rings. The van der Waals surface area contributed by atoms with Gasteiger partial charge in [0.2, 0.25) is 17.7 Å². The Morgan fingerprint density at radius 3 is 2.30 bits per heavy atom. The maximum Gasteiger partial charge on any atom is 0.274 e. The van der Waals surface area contributed by atoms with Gasteiger partial charge in [0, 0.05) is 49.3 Å². The number of hydrogen-bond acceptors (Lipinski definition) is 10. The number of anilines is 1. The van der Waals surface area contributed by atoms with Crippen LogP contribution in [0.5, 0.6) is 5.75 Å². The number of amides is 7. The third kappa shape index (κ3) is 10.3. The molecule has 54 heavy (non-hydrogen) atoms. The lowest BCUT2D eigenvalue weighted by molar-refractivity contribution is -0.136. The van der Waals surface area contributed by atoms with Gasteiger partial charge in [-0.15, -0.1) is 0 Å². The van der Waals surface area contributed by atoms with Crippen LogP contribution in [0.3, 0.4) is 0 Å². The molecule has 0 radical (unpaired) electrons. The van der Waals surface area contributed by atoms with Crippen LogP contribution < -0.4 is 31.5 Å². The Morgan fingerprint density at radius 1 is 0.796 bits per heavy atom. The highest BCUT2D eigenvalue weighted by atomic mass is 16.5. The molecule has 0 bridgehead atoms. The Kier molecular flexibility index (Phi) is 13.9. The lowest BCUT2D eigenvalue weighted by atomic mass is 10.0. The number of rotatable bonds is 19. The van der Waals surface area contributed by atoms with Crippen molar-refractivity contribution in [3.63, 3.8) is 0 Å². The predicted octanol–water partition coefficient (Wildman–Crippen LogP) is 3.13. The van der Waals surface area contributed by atoms with E-state index in [2.05, 4.69) is 21.3 Å². The molecule has 0 saturated carbocycles. The molecule has 5 rings (SSSR count). The average molecular weight is 741 g/mol. The van der Waals surface area contributed by atoms with Crippen LogP contribution in [0.15, 0.2) is 66.7 Å². The Morgan fingerprint density at radius 2 is 1.54 bits per heavy atom. The highest BCUT2D eigenvalue weighted by molar-refractivity contribution is 6.25. The minimum absolute atomic E-state index is 0.0338. The minimum Gasteiger partial charge on any atom is -0.494 e. The molecule has 0 spiro atoms. The molecule has 0 aliphatic carbocycles. The summed E-state index contributed by atoms with van der Waals surface area (Å²) in [5.74, 6) is -2.50. The number of piperidine rings is 1. The molecule has 1 unspecified atom stereocenters. The molecule has 1 atom stereocenters. The van der Waals surface area contributed by atoms with Gasteiger partial charge < -0.3 is 20.7 Å². The molecule has 15 heteroatoms. The Balaban J connectivity index is 0.895. The Hall–Kier alpha value is -6.09. The first-order valence-electron chi connectivity index (χ1n) is 18.1. The summed E-state index contributed by atoms with van der Waals surface area (Å²) in [6.07, 6.45) is 5.19. The first-order chi connectivity index (χ1) is 26.2. The second-order valence-electron chi connectivity index (χ2n) is 13.0. The number of hydroxylamine groups is 1. The van der Waals surface area contributed by atoms with Crippen LogP contribution >= 0.6 is 0 Å². The first kappa shape index (κ1) is 39.1. The molecule has 0 aromatic heterocycles. The van der Waals surface area contributed by atoms with Crippen LogP contribution in [0.25, 0.3) is 0 Å². The smallest absolute Gasteiger partial charge is 0.274 e. The summed E-state index contributed by atoms with van der Waals surface area (Å²) >= 11 is 0. The quantitative estimate of drug-likeness (QED) is 0.0458. The zero-order valence-electron chi connectivity index (χ0n) is 29.8. The van der Waals surface area contributed by atoms with Gasteiger partial charge in [-0.3, -0.25) is 49.0 Å². The topological polar surface area (TPSA) is 212 Å². The normalized spacial score (nSPS) is 15.0. The molecule has 2 aliphatic heterocycles. The van der Waals surface area contributed by atoms with Gasteiger partial charge in [0.05, 0.1) is 17.7 Å². The van der Waals surface area contributed by atoms with Crippen LogP contribution in [0.4, 0.5) is 5.69 Å². The zero-order valence-corrected chi connectivity index (χ0v) is 29.8. The van der Waals surface area contributed by atoms with Crippen molar-refractivity contribution in [1.29, 1.82) is 0 Å². The fourth-order valence-corrected chi connectivity index (χ4v) is 6.26. The number of fused-ring (bicyclic) bond motifs is 1. The molecule has 1 saturated heterocycles. The molecular weight excluding hydrogens is 696 g/mol. The standard InChI is InChI=1S/C39H44N6O9/c46-32(41-21-7-20-40-30-11-6-10-29-34(30)39(52)45(38(29)51)31-17-18-33(47)43-37(31)50)12-3-1-2-4-23-54-28-15-13-25(14-16-28)19-22-42-35(48)26-8-5-9-27(24-26)36(49)44-53/h5-6,8-11,13-16,24,31,40,53H,1-4,7,12,17-23H2,(H,41,46)(H,42,48)(H,44,49)(H,43,47,50). The van der Waals surface area contributed by atoms with Gasteiger partial charge in [-0.25, -0.2) is 5.48 Å². The molecular formula is C39H44N6O9. The van der Waals surface area contributed by atoms with E-state index < -0.39 is 35.6 Å². The van der Waals surface area contributed by atoms with Crippen LogP contribution in [0, 0.1) is 0 Å². The summed E-state index contributed by atoms with van der Waals surface area (Å²) in [6.45, 7) is 1.85. The summed E-state index contributed by atoms with van der Waals surface area (Å²) in [5.41, 5.74) is 3.97. The third-order valence-corrected chi connectivity index (χ3v) is 9.14. The highest BCUT2D eigenvalue weighted by Crippen LogP contribution is 2.32. The van der Waals surface area contributed by atoms with Gasteiger partial charge >= 0.3 is 0 Å². The number of ether oxygens (including phenoxy) is 1. The van der Waals surface area contributed by atoms with Crippen molar-refractivity contribution < 1.29 is 43.5 Å². The maximum absolute atomic E-state index is 13.2. The second kappa shape index (κ2) is 19.1. The fourth-order valence-electron chi connectivity index (χ4n) is 6.26. The van der Waals surface area contributed by atoms with Crippen molar-refractivity contribution >= 4 is 47.0 Å². The number of carbonyl (C=O) groups is 7. The maximum atomic E-state index is 13.2. The van der Waals surface area contributed by atoms with Crippen molar-refractivity contribution in [2.45, 2.75) is 63.8 Å². The molecule has 284 valence electrons. The monoisotopic (exact) mass is 740 g/mol. The largest absolute Gasteiger partial charge is 0.494 e. The highest BCUT2D eigenvalue weighted by Gasteiger charge is 2.45. The van der Waals surface area contributed by atoms with E-state index in [0.29, 0.717) is 56.8 Å². The molecule has 3 aromatic carbocycles. The SMILES string of the molecule is O=C(CCCCCCOc1ccc(CCNC(=O)c2cccc(C(=O)NO)c2)cc1)NCCCNc1cccc2c1C(=O)N(C1CCC(=O)NC1=O)C2=O. The van der Waals surface area contributed by atoms with Gasteiger partial charge in [0.1, 0.15) is 11.8 Å². The van der Waals surface area contributed by atoms with Crippen molar-refractivity contribution in [3.8, 4) is 5.75 Å². The first-order valence-corrected chi connectivity index (χ1v) is 18.1. The Labute approximate surface area is 312 Å². The number of hydrogen-bond donors (Lipinski definition) is 6. The number of imide groups is 2. The van der Waals surface area contributed by atoms with Crippen LogP contribution in [0.1, 0.15) is 98.4 Å². The van der Waals surface area contributed by atoms with E-state index in [4.69, 9.17) is 9.94 Å². The number of nitrogens with zero attached hydrogens (tertiary/aromatic N) is 1. The van der Waals surface area contributed by atoms with E-state index in [9.17, 15) is 33.6 Å². The van der Waals surface area contributed by atoms with Gasteiger partial charge in [0.25, 0.3) is 23.6 Å². The lowest BCUT2D eigenvalue weighted by Crippen LogP contribution is -2.54. The van der Waals surface area contributed by atoms with Crippen molar-refractivity contribution in [3.05, 3.63) is 94.5 Å². The van der Waals surface area contributed by atoms with Crippen LogP contribution in [0.2, 0.25) is 0 Å². The fraction of sp³-hybridized carbons (Fsp3) is 0.359. The number of nitrogens with one attached hydrogen (secondary N) is 5. The van der Waals surface area contributed by atoms with Gasteiger partial charge in [-0.05, 0) is 80.1 Å². The van der Waals surface area contributed by atoms with E-state index in [0.717, 1.165) is 41.9 Å². The van der Waals surface area contributed by atoms with Gasteiger partial charge in [0.15, 0.2) is 0 Å². The molecule has 2 aliphatic rings.